The van der Waals surface area contributed by atoms with Crippen molar-refractivity contribution in [1.82, 2.24) is 10.6 Å². The summed E-state index contributed by atoms with van der Waals surface area (Å²) in [6.45, 7) is 5.69. The van der Waals surface area contributed by atoms with Gasteiger partial charge < -0.3 is 10.6 Å². The molecule has 1 aliphatic rings. The maximum absolute atomic E-state index is 14.5. The molecular weight excluding hydrogens is 430 g/mol. The largest absolute Gasteiger partial charge is 0.350 e. The molecule has 0 unspecified atom stereocenters. The molecule has 29 heavy (non-hydrogen) atoms. The molecule has 3 rings (SSSR count). The highest BCUT2D eigenvalue weighted by Crippen LogP contribution is 2.35. The first-order valence-electron chi connectivity index (χ1n) is 9.68. The number of carbonyl (C=O) groups excluding carboxylic acids is 1. The molecule has 0 spiro atoms. The molecule has 2 aromatic rings. The Morgan fingerprint density at radius 3 is 2.86 bits per heavy atom. The Labute approximate surface area is 187 Å². The molecule has 0 saturated carbocycles. The van der Waals surface area contributed by atoms with Crippen molar-refractivity contribution >= 4 is 41.7 Å². The number of thioether (sulfide) groups is 1. The quantitative estimate of drug-likeness (QED) is 0.598. The summed E-state index contributed by atoms with van der Waals surface area (Å²) in [7, 11) is 0. The number of nitrogens with one attached hydrogen (secondary N) is 2. The standard InChI is InChI=1S/C22H26ClFN2OS.ClH/c1-3-14(2)26-22(27)19-6-4-15(10-20(19)24)13-28-21-12-25-9-8-16-11-17(23)5-7-18(16)21;/h4-7,10-11,14,21,25H,3,8-9,12-13H2,1-2H3,(H,26,27);1H/t14-,21+;/m0./s1. The molecule has 2 atom stereocenters. The summed E-state index contributed by atoms with van der Waals surface area (Å²) in [6, 6.07) is 11.0. The van der Waals surface area contributed by atoms with Crippen LogP contribution in [-0.2, 0) is 12.2 Å². The van der Waals surface area contributed by atoms with Gasteiger partial charge in [0.15, 0.2) is 0 Å². The summed E-state index contributed by atoms with van der Waals surface area (Å²) < 4.78 is 14.5. The van der Waals surface area contributed by atoms with Crippen molar-refractivity contribution in [3.05, 3.63) is 69.5 Å². The van der Waals surface area contributed by atoms with Crippen LogP contribution in [0.5, 0.6) is 0 Å². The number of halogens is 3. The minimum Gasteiger partial charge on any atom is -0.350 e. The summed E-state index contributed by atoms with van der Waals surface area (Å²) in [4.78, 5) is 12.2. The predicted octanol–water partition coefficient (Wildman–Crippen LogP) is 5.55. The van der Waals surface area contributed by atoms with Crippen molar-refractivity contribution in [2.45, 2.75) is 43.7 Å². The first-order valence-corrected chi connectivity index (χ1v) is 11.1. The van der Waals surface area contributed by atoms with Crippen LogP contribution in [0.1, 0.15) is 52.6 Å². The van der Waals surface area contributed by atoms with Gasteiger partial charge in [0.05, 0.1) is 5.56 Å². The van der Waals surface area contributed by atoms with E-state index in [1.807, 2.05) is 32.0 Å². The molecule has 0 aliphatic carbocycles. The number of hydrogen-bond donors (Lipinski definition) is 2. The highest BCUT2D eigenvalue weighted by Gasteiger charge is 2.20. The van der Waals surface area contributed by atoms with Gasteiger partial charge in [0.1, 0.15) is 5.82 Å². The molecule has 0 saturated heterocycles. The number of hydrogen-bond acceptors (Lipinski definition) is 3. The molecule has 1 amide bonds. The fourth-order valence-corrected chi connectivity index (χ4v) is 4.67. The van der Waals surface area contributed by atoms with Gasteiger partial charge in [-0.15, -0.1) is 24.2 Å². The monoisotopic (exact) mass is 456 g/mol. The van der Waals surface area contributed by atoms with E-state index < -0.39 is 5.82 Å². The smallest absolute Gasteiger partial charge is 0.254 e. The summed E-state index contributed by atoms with van der Waals surface area (Å²) >= 11 is 7.92. The van der Waals surface area contributed by atoms with Gasteiger partial charge in [-0.1, -0.05) is 30.7 Å². The topological polar surface area (TPSA) is 41.1 Å². The van der Waals surface area contributed by atoms with Crippen molar-refractivity contribution in [2.75, 3.05) is 13.1 Å². The van der Waals surface area contributed by atoms with Crippen LogP contribution < -0.4 is 10.6 Å². The number of amides is 1. The van der Waals surface area contributed by atoms with Gasteiger partial charge in [0, 0.05) is 28.6 Å². The highest BCUT2D eigenvalue weighted by atomic mass is 35.5. The molecule has 0 aromatic heterocycles. The van der Waals surface area contributed by atoms with Crippen LogP contribution in [0.15, 0.2) is 36.4 Å². The van der Waals surface area contributed by atoms with Crippen LogP contribution in [0.3, 0.4) is 0 Å². The SMILES string of the molecule is CC[C@H](C)NC(=O)c1ccc(CS[C@@H]2CNCCc3cc(Cl)ccc32)cc1F.Cl. The van der Waals surface area contributed by atoms with Gasteiger partial charge in [0.2, 0.25) is 0 Å². The fourth-order valence-electron chi connectivity index (χ4n) is 3.25. The van der Waals surface area contributed by atoms with Gasteiger partial charge in [-0.3, -0.25) is 4.79 Å². The average Bonchev–Trinajstić information content (AvgIpc) is 2.87. The lowest BCUT2D eigenvalue weighted by Crippen LogP contribution is -2.32. The molecule has 7 heteroatoms. The Bertz CT molecular complexity index is 850. The number of carbonyl (C=O) groups is 1. The molecule has 0 fully saturated rings. The lowest BCUT2D eigenvalue weighted by Gasteiger charge is -2.18. The van der Waals surface area contributed by atoms with Crippen molar-refractivity contribution in [1.29, 1.82) is 0 Å². The van der Waals surface area contributed by atoms with E-state index in [1.54, 1.807) is 17.8 Å². The summed E-state index contributed by atoms with van der Waals surface area (Å²) in [5.74, 6) is -0.145. The lowest BCUT2D eigenvalue weighted by atomic mass is 10.0. The van der Waals surface area contributed by atoms with E-state index in [-0.39, 0.29) is 35.2 Å². The normalized spacial score (nSPS) is 16.9. The predicted molar refractivity (Wildman–Crippen MR) is 123 cm³/mol. The van der Waals surface area contributed by atoms with E-state index in [2.05, 4.69) is 16.7 Å². The molecule has 158 valence electrons. The second kappa shape index (κ2) is 11.2. The molecule has 0 bridgehead atoms. The minimum atomic E-state index is -0.468. The Balaban J connectivity index is 0.00000300. The van der Waals surface area contributed by atoms with Crippen LogP contribution in [-0.4, -0.2) is 25.0 Å². The second-order valence-electron chi connectivity index (χ2n) is 7.19. The molecule has 3 nitrogen and oxygen atoms in total. The number of fused-ring (bicyclic) bond motifs is 1. The van der Waals surface area contributed by atoms with Crippen LogP contribution in [0.2, 0.25) is 5.02 Å². The third kappa shape index (κ3) is 6.35. The summed E-state index contributed by atoms with van der Waals surface area (Å²) in [6.07, 6.45) is 1.77. The molecule has 2 N–H and O–H groups in total. The molecule has 1 aliphatic heterocycles. The van der Waals surface area contributed by atoms with Crippen LogP contribution >= 0.6 is 35.8 Å². The summed E-state index contributed by atoms with van der Waals surface area (Å²) in [5, 5.41) is 7.32. The van der Waals surface area contributed by atoms with E-state index in [1.165, 1.54) is 17.2 Å². The maximum Gasteiger partial charge on any atom is 0.254 e. The Kier molecular flexibility index (Phi) is 9.28. The Hall–Kier alpha value is -1.27. The molecule has 1 heterocycles. The average molecular weight is 457 g/mol. The van der Waals surface area contributed by atoms with E-state index in [9.17, 15) is 9.18 Å². The fraction of sp³-hybridized carbons (Fsp3) is 0.409. The van der Waals surface area contributed by atoms with Gasteiger partial charge in [0.25, 0.3) is 5.91 Å². The van der Waals surface area contributed by atoms with Crippen LogP contribution in [0, 0.1) is 5.82 Å². The van der Waals surface area contributed by atoms with E-state index >= 15 is 0 Å². The van der Waals surface area contributed by atoms with Crippen molar-refractivity contribution in [3.63, 3.8) is 0 Å². The molecule has 0 radical (unpaired) electrons. The van der Waals surface area contributed by atoms with Gasteiger partial charge >= 0.3 is 0 Å². The second-order valence-corrected chi connectivity index (χ2v) is 8.82. The molecule has 2 aromatic carbocycles. The van der Waals surface area contributed by atoms with Crippen LogP contribution in [0.4, 0.5) is 4.39 Å². The zero-order valence-corrected chi connectivity index (χ0v) is 19.0. The lowest BCUT2D eigenvalue weighted by molar-refractivity contribution is 0.0935. The number of rotatable bonds is 6. The van der Waals surface area contributed by atoms with E-state index in [0.717, 1.165) is 36.5 Å². The van der Waals surface area contributed by atoms with Gasteiger partial charge in [-0.25, -0.2) is 4.39 Å². The highest BCUT2D eigenvalue weighted by molar-refractivity contribution is 7.98. The zero-order valence-electron chi connectivity index (χ0n) is 16.6. The van der Waals surface area contributed by atoms with Crippen LogP contribution in [0.25, 0.3) is 0 Å². The Morgan fingerprint density at radius 2 is 2.14 bits per heavy atom. The first-order chi connectivity index (χ1) is 13.5. The van der Waals surface area contributed by atoms with Crippen molar-refractivity contribution in [3.8, 4) is 0 Å². The van der Waals surface area contributed by atoms with E-state index in [4.69, 9.17) is 11.6 Å². The van der Waals surface area contributed by atoms with Gasteiger partial charge in [-0.2, -0.15) is 0 Å². The summed E-state index contributed by atoms with van der Waals surface area (Å²) in [5.41, 5.74) is 3.55. The Morgan fingerprint density at radius 1 is 1.34 bits per heavy atom. The first kappa shape index (κ1) is 24.0. The molecular formula is C22H27Cl2FN2OS. The minimum absolute atomic E-state index is 0. The maximum atomic E-state index is 14.5. The zero-order chi connectivity index (χ0) is 20.1. The van der Waals surface area contributed by atoms with E-state index in [0.29, 0.717) is 5.75 Å². The third-order valence-electron chi connectivity index (χ3n) is 5.07. The van der Waals surface area contributed by atoms with Gasteiger partial charge in [-0.05, 0) is 67.3 Å². The van der Waals surface area contributed by atoms with Crippen molar-refractivity contribution < 1.29 is 9.18 Å². The van der Waals surface area contributed by atoms with Crippen molar-refractivity contribution in [2.24, 2.45) is 0 Å². The number of benzene rings is 2. The third-order valence-corrected chi connectivity index (χ3v) is 6.63.